The number of carbonyl (C=O) groups excluding carboxylic acids is 2. The van der Waals surface area contributed by atoms with Crippen LogP contribution in [0.3, 0.4) is 0 Å². The van der Waals surface area contributed by atoms with Crippen molar-refractivity contribution >= 4 is 41.2 Å². The predicted molar refractivity (Wildman–Crippen MR) is 110 cm³/mol. The molecule has 1 unspecified atom stereocenters. The maximum Gasteiger partial charge on any atom is 0.256 e. The van der Waals surface area contributed by atoms with Crippen molar-refractivity contribution in [2.45, 2.75) is 26.3 Å². The summed E-state index contributed by atoms with van der Waals surface area (Å²) in [6.45, 7) is 4.72. The second-order valence-corrected chi connectivity index (χ2v) is 7.22. The van der Waals surface area contributed by atoms with Gasteiger partial charge in [-0.2, -0.15) is 11.3 Å². The van der Waals surface area contributed by atoms with E-state index >= 15 is 0 Å². The zero-order valence-corrected chi connectivity index (χ0v) is 16.9. The van der Waals surface area contributed by atoms with Crippen molar-refractivity contribution in [3.05, 3.63) is 52.2 Å². The first-order valence-electron chi connectivity index (χ1n) is 8.33. The molecule has 0 bridgehead atoms. The molecule has 142 valence electrons. The molecule has 0 saturated heterocycles. The molecule has 1 atom stereocenters. The smallest absolute Gasteiger partial charge is 0.256 e. The number of halogens is 1. The summed E-state index contributed by atoms with van der Waals surface area (Å²) < 4.78 is 0. The summed E-state index contributed by atoms with van der Waals surface area (Å²) in [6.07, 6.45) is 0.739. The van der Waals surface area contributed by atoms with Crippen LogP contribution in [0.1, 0.15) is 41.0 Å². The fourth-order valence-corrected chi connectivity index (χ4v) is 2.99. The Hall–Kier alpha value is -1.89. The molecule has 0 aliphatic heterocycles. The van der Waals surface area contributed by atoms with Crippen molar-refractivity contribution < 1.29 is 9.59 Å². The predicted octanol–water partition coefficient (Wildman–Crippen LogP) is 3.87. The van der Waals surface area contributed by atoms with E-state index in [2.05, 4.69) is 19.2 Å². The van der Waals surface area contributed by atoms with Gasteiger partial charge < -0.3 is 16.0 Å². The van der Waals surface area contributed by atoms with Gasteiger partial charge in [0.2, 0.25) is 0 Å². The number of nitrogens with one attached hydrogen (secondary N) is 1. The van der Waals surface area contributed by atoms with E-state index < -0.39 is 0 Å². The van der Waals surface area contributed by atoms with Crippen LogP contribution >= 0.6 is 23.7 Å². The summed E-state index contributed by atoms with van der Waals surface area (Å²) in [5.74, 6) is 0.0313. The standard InChI is InChI=1S/C19H25N3O2S.ClH/c1-13(2)16(20)8-10-22(3)19(24)15-6-4-5-7-17(15)21-18(23)14-9-11-25-12-14;/h4-7,9,11-13,16H,8,10,20H2,1-3H3,(H,21,23);1H. The average molecular weight is 396 g/mol. The van der Waals surface area contributed by atoms with Crippen molar-refractivity contribution in [1.82, 2.24) is 4.90 Å². The van der Waals surface area contributed by atoms with Crippen LogP contribution < -0.4 is 11.1 Å². The Morgan fingerprint density at radius 3 is 2.54 bits per heavy atom. The van der Waals surface area contributed by atoms with Gasteiger partial charge in [-0.1, -0.05) is 26.0 Å². The Morgan fingerprint density at radius 2 is 1.92 bits per heavy atom. The Kier molecular flexibility index (Phi) is 8.78. The lowest BCUT2D eigenvalue weighted by Crippen LogP contribution is -2.35. The lowest BCUT2D eigenvalue weighted by atomic mass is 10.0. The van der Waals surface area contributed by atoms with Gasteiger partial charge in [-0.3, -0.25) is 9.59 Å². The summed E-state index contributed by atoms with van der Waals surface area (Å²) in [4.78, 5) is 26.7. The van der Waals surface area contributed by atoms with Crippen molar-refractivity contribution in [2.75, 3.05) is 18.9 Å². The molecule has 0 saturated carbocycles. The lowest BCUT2D eigenvalue weighted by molar-refractivity contribution is 0.0790. The normalized spacial score (nSPS) is 11.6. The second-order valence-electron chi connectivity index (χ2n) is 6.43. The number of hydrogen-bond acceptors (Lipinski definition) is 4. The summed E-state index contributed by atoms with van der Waals surface area (Å²) in [5, 5.41) is 6.45. The molecule has 5 nitrogen and oxygen atoms in total. The van der Waals surface area contributed by atoms with Crippen LogP contribution in [-0.4, -0.2) is 36.3 Å². The summed E-state index contributed by atoms with van der Waals surface area (Å²) in [7, 11) is 1.76. The maximum absolute atomic E-state index is 12.8. The molecule has 1 heterocycles. The molecule has 1 aromatic heterocycles. The number of anilines is 1. The molecular weight excluding hydrogens is 370 g/mol. The summed E-state index contributed by atoms with van der Waals surface area (Å²) >= 11 is 1.46. The molecule has 0 spiro atoms. The van der Waals surface area contributed by atoms with Gasteiger partial charge in [-0.15, -0.1) is 12.4 Å². The van der Waals surface area contributed by atoms with E-state index in [4.69, 9.17) is 5.73 Å². The molecule has 26 heavy (non-hydrogen) atoms. The fourth-order valence-electron chi connectivity index (χ4n) is 2.35. The van der Waals surface area contributed by atoms with Gasteiger partial charge >= 0.3 is 0 Å². The van der Waals surface area contributed by atoms with Gasteiger partial charge in [0.25, 0.3) is 11.8 Å². The molecule has 1 aromatic carbocycles. The van der Waals surface area contributed by atoms with Crippen LogP contribution in [0.25, 0.3) is 0 Å². The third kappa shape index (κ3) is 5.83. The first-order valence-corrected chi connectivity index (χ1v) is 9.28. The van der Waals surface area contributed by atoms with Crippen molar-refractivity contribution in [3.8, 4) is 0 Å². The van der Waals surface area contributed by atoms with Crippen molar-refractivity contribution in [2.24, 2.45) is 11.7 Å². The molecule has 0 radical (unpaired) electrons. The molecule has 3 N–H and O–H groups in total. The van der Waals surface area contributed by atoms with Crippen molar-refractivity contribution in [3.63, 3.8) is 0 Å². The third-order valence-electron chi connectivity index (χ3n) is 4.19. The highest BCUT2D eigenvalue weighted by molar-refractivity contribution is 7.08. The van der Waals surface area contributed by atoms with Gasteiger partial charge in [0.1, 0.15) is 0 Å². The summed E-state index contributed by atoms with van der Waals surface area (Å²) in [5.41, 5.74) is 7.64. The number of rotatable bonds is 7. The minimum absolute atomic E-state index is 0. The monoisotopic (exact) mass is 395 g/mol. The maximum atomic E-state index is 12.8. The Balaban J connectivity index is 0.00000338. The van der Waals surface area contributed by atoms with Gasteiger partial charge in [-0.25, -0.2) is 0 Å². The van der Waals surface area contributed by atoms with Gasteiger partial charge in [0, 0.05) is 25.0 Å². The number of carbonyl (C=O) groups is 2. The third-order valence-corrected chi connectivity index (χ3v) is 4.87. The number of thiophene rings is 1. The van der Waals surface area contributed by atoms with Crippen LogP contribution in [0, 0.1) is 5.92 Å². The van der Waals surface area contributed by atoms with Crippen LogP contribution in [0.2, 0.25) is 0 Å². The quantitative estimate of drug-likeness (QED) is 0.747. The van der Waals surface area contributed by atoms with E-state index in [-0.39, 0.29) is 30.3 Å². The molecule has 0 aliphatic carbocycles. The number of para-hydroxylation sites is 1. The minimum Gasteiger partial charge on any atom is -0.342 e. The Labute approximate surface area is 165 Å². The molecule has 2 aromatic rings. The first kappa shape index (κ1) is 22.2. The zero-order chi connectivity index (χ0) is 18.4. The van der Waals surface area contributed by atoms with Crippen LogP contribution in [-0.2, 0) is 0 Å². The number of amides is 2. The zero-order valence-electron chi connectivity index (χ0n) is 15.3. The molecule has 2 rings (SSSR count). The first-order chi connectivity index (χ1) is 11.9. The fraction of sp³-hybridized carbons (Fsp3) is 0.368. The lowest BCUT2D eigenvalue weighted by Gasteiger charge is -2.22. The SMILES string of the molecule is CC(C)C(N)CCN(C)C(=O)c1ccccc1NC(=O)c1ccsc1.Cl. The molecule has 2 amide bonds. The Bertz CT molecular complexity index is 719. The minimum atomic E-state index is -0.217. The van der Waals surface area contributed by atoms with Gasteiger partial charge in [-0.05, 0) is 35.9 Å². The number of nitrogens with two attached hydrogens (primary N) is 1. The number of nitrogens with zero attached hydrogens (tertiary/aromatic N) is 1. The molecule has 7 heteroatoms. The summed E-state index contributed by atoms with van der Waals surface area (Å²) in [6, 6.07) is 8.87. The van der Waals surface area contributed by atoms with Crippen LogP contribution in [0.5, 0.6) is 0 Å². The number of benzene rings is 1. The van der Waals surface area contributed by atoms with Gasteiger partial charge in [0.15, 0.2) is 0 Å². The van der Waals surface area contributed by atoms with E-state index in [1.54, 1.807) is 47.7 Å². The highest BCUT2D eigenvalue weighted by atomic mass is 35.5. The molecular formula is C19H26ClN3O2S. The van der Waals surface area contributed by atoms with E-state index in [1.165, 1.54) is 11.3 Å². The highest BCUT2D eigenvalue weighted by Crippen LogP contribution is 2.19. The highest BCUT2D eigenvalue weighted by Gasteiger charge is 2.18. The number of hydrogen-bond donors (Lipinski definition) is 2. The van der Waals surface area contributed by atoms with Crippen LogP contribution in [0.15, 0.2) is 41.1 Å². The van der Waals surface area contributed by atoms with Gasteiger partial charge in [0.05, 0.1) is 16.8 Å². The van der Waals surface area contributed by atoms with Crippen LogP contribution in [0.4, 0.5) is 5.69 Å². The average Bonchev–Trinajstić information content (AvgIpc) is 3.13. The van der Waals surface area contributed by atoms with Crippen molar-refractivity contribution in [1.29, 1.82) is 0 Å². The largest absolute Gasteiger partial charge is 0.342 e. The Morgan fingerprint density at radius 1 is 1.23 bits per heavy atom. The van der Waals surface area contributed by atoms with E-state index in [1.807, 2.05) is 5.38 Å². The molecule has 0 fully saturated rings. The van der Waals surface area contributed by atoms with E-state index in [0.717, 1.165) is 6.42 Å². The second kappa shape index (κ2) is 10.3. The topological polar surface area (TPSA) is 75.4 Å². The molecule has 0 aliphatic rings. The van der Waals surface area contributed by atoms with E-state index in [0.29, 0.717) is 29.3 Å². The van der Waals surface area contributed by atoms with E-state index in [9.17, 15) is 9.59 Å².